The lowest BCUT2D eigenvalue weighted by Gasteiger charge is -2.21. The Morgan fingerprint density at radius 1 is 0.939 bits per heavy atom. The molecule has 1 aliphatic rings. The molecule has 0 unspecified atom stereocenters. The zero-order chi connectivity index (χ0) is 24.0. The van der Waals surface area contributed by atoms with E-state index in [4.69, 9.17) is 10.5 Å². The topological polar surface area (TPSA) is 86.5 Å². The van der Waals surface area contributed by atoms with Gasteiger partial charge in [-0.2, -0.15) is 0 Å². The number of ether oxygens (including phenoxy) is 1. The number of esters is 1. The summed E-state index contributed by atoms with van der Waals surface area (Å²) in [6.07, 6.45) is 1.76. The second-order valence-electron chi connectivity index (χ2n) is 9.51. The van der Waals surface area contributed by atoms with Crippen molar-refractivity contribution in [3.05, 3.63) is 70.6 Å². The van der Waals surface area contributed by atoms with Crippen molar-refractivity contribution < 1.29 is 19.1 Å². The van der Waals surface area contributed by atoms with Crippen molar-refractivity contribution >= 4 is 29.0 Å². The molecule has 3 aromatic rings. The Kier molecular flexibility index (Phi) is 5.74. The average molecular weight is 462 g/mol. The molecule has 0 saturated heterocycles. The Morgan fingerprint density at radius 3 is 2.12 bits per heavy atom. The van der Waals surface area contributed by atoms with E-state index in [9.17, 15) is 14.4 Å². The number of ketones is 1. The van der Waals surface area contributed by atoms with E-state index in [0.717, 1.165) is 35.1 Å². The standard InChI is InChI=1S/C27H27NO4S/c1-16(29)27(12-13-27)19-8-5-17(6-9-19)20-10-7-18(23-21(24(28)30)11-14-33-23)15-22(20)25(31)32-26(2,3)4/h5-11,14-15H,12-13H2,1-4H3,(H2,28,30). The van der Waals surface area contributed by atoms with Gasteiger partial charge in [0.1, 0.15) is 11.4 Å². The molecule has 4 rings (SSSR count). The van der Waals surface area contributed by atoms with Crippen molar-refractivity contribution in [1.29, 1.82) is 0 Å². The average Bonchev–Trinajstić information content (AvgIpc) is 3.42. The second kappa shape index (κ2) is 8.27. The molecule has 2 aromatic carbocycles. The molecule has 1 aliphatic carbocycles. The number of hydrogen-bond acceptors (Lipinski definition) is 5. The van der Waals surface area contributed by atoms with Crippen molar-refractivity contribution in [1.82, 2.24) is 0 Å². The van der Waals surface area contributed by atoms with Crippen molar-refractivity contribution in [2.45, 2.75) is 51.6 Å². The zero-order valence-corrected chi connectivity index (χ0v) is 20.0. The smallest absolute Gasteiger partial charge is 0.339 e. The van der Waals surface area contributed by atoms with Crippen LogP contribution >= 0.6 is 11.3 Å². The molecule has 0 spiro atoms. The lowest BCUT2D eigenvalue weighted by atomic mass is 9.89. The third-order valence-corrected chi connectivity index (χ3v) is 6.97. The zero-order valence-electron chi connectivity index (χ0n) is 19.2. The van der Waals surface area contributed by atoms with Crippen LogP contribution in [0.1, 0.15) is 66.8 Å². The van der Waals surface area contributed by atoms with E-state index >= 15 is 0 Å². The molecule has 0 atom stereocenters. The number of nitrogens with two attached hydrogens (primary N) is 1. The summed E-state index contributed by atoms with van der Waals surface area (Å²) < 4.78 is 5.68. The third-order valence-electron chi connectivity index (χ3n) is 6.00. The molecule has 1 aromatic heterocycles. The van der Waals surface area contributed by atoms with Gasteiger partial charge in [0, 0.05) is 4.88 Å². The fourth-order valence-corrected chi connectivity index (χ4v) is 5.00. The molecule has 5 nitrogen and oxygen atoms in total. The van der Waals surface area contributed by atoms with Crippen LogP contribution in [0.3, 0.4) is 0 Å². The molecule has 1 heterocycles. The minimum atomic E-state index is -0.657. The predicted molar refractivity (Wildman–Crippen MR) is 130 cm³/mol. The van der Waals surface area contributed by atoms with E-state index in [2.05, 4.69) is 0 Å². The van der Waals surface area contributed by atoms with E-state index in [0.29, 0.717) is 16.0 Å². The number of carbonyl (C=O) groups is 3. The first-order valence-electron chi connectivity index (χ1n) is 10.9. The van der Waals surface area contributed by atoms with E-state index in [1.165, 1.54) is 11.3 Å². The number of amides is 1. The Labute approximate surface area is 197 Å². The molecule has 0 aliphatic heterocycles. The molecule has 0 bridgehead atoms. The lowest BCUT2D eigenvalue weighted by Crippen LogP contribution is -2.24. The van der Waals surface area contributed by atoms with Gasteiger partial charge in [-0.3, -0.25) is 9.59 Å². The summed E-state index contributed by atoms with van der Waals surface area (Å²) >= 11 is 1.40. The van der Waals surface area contributed by atoms with Crippen LogP contribution in [-0.2, 0) is 14.9 Å². The Balaban J connectivity index is 1.79. The summed E-state index contributed by atoms with van der Waals surface area (Å²) in [4.78, 5) is 37.8. The minimum Gasteiger partial charge on any atom is -0.456 e. The normalized spacial score (nSPS) is 14.5. The highest BCUT2D eigenvalue weighted by molar-refractivity contribution is 7.14. The number of carbonyl (C=O) groups excluding carboxylic acids is 3. The fourth-order valence-electron chi connectivity index (χ4n) is 4.10. The van der Waals surface area contributed by atoms with Gasteiger partial charge in [0.05, 0.1) is 16.5 Å². The number of thiophene rings is 1. The largest absolute Gasteiger partial charge is 0.456 e. The summed E-state index contributed by atoms with van der Waals surface area (Å²) in [5.41, 5.74) is 8.68. The number of hydrogen-bond donors (Lipinski definition) is 1. The van der Waals surface area contributed by atoms with Crippen LogP contribution in [-0.4, -0.2) is 23.3 Å². The highest BCUT2D eigenvalue weighted by Gasteiger charge is 2.48. The van der Waals surface area contributed by atoms with Crippen molar-refractivity contribution in [3.8, 4) is 21.6 Å². The van der Waals surface area contributed by atoms with E-state index in [1.807, 2.05) is 57.2 Å². The van der Waals surface area contributed by atoms with Crippen LogP contribution < -0.4 is 5.73 Å². The van der Waals surface area contributed by atoms with Gasteiger partial charge >= 0.3 is 5.97 Å². The first-order valence-corrected chi connectivity index (χ1v) is 11.8. The van der Waals surface area contributed by atoms with Gasteiger partial charge < -0.3 is 10.5 Å². The van der Waals surface area contributed by atoms with Gasteiger partial charge in [-0.05, 0) is 80.3 Å². The van der Waals surface area contributed by atoms with Gasteiger partial charge in [0.15, 0.2) is 0 Å². The van der Waals surface area contributed by atoms with E-state index in [-0.39, 0.29) is 11.2 Å². The lowest BCUT2D eigenvalue weighted by molar-refractivity contribution is -0.119. The molecule has 1 fully saturated rings. The molecule has 1 saturated carbocycles. The summed E-state index contributed by atoms with van der Waals surface area (Å²) in [5.74, 6) is -0.762. The number of Topliss-reactive ketones (excluding diaryl/α,β-unsaturated/α-hetero) is 1. The first-order chi connectivity index (χ1) is 15.5. The predicted octanol–water partition coefficient (Wildman–Crippen LogP) is 5.76. The maximum absolute atomic E-state index is 13.2. The molecule has 2 N–H and O–H groups in total. The Morgan fingerprint density at radius 2 is 1.58 bits per heavy atom. The SMILES string of the molecule is CC(=O)C1(c2ccc(-c3ccc(-c4sccc4C(N)=O)cc3C(=O)OC(C)(C)C)cc2)CC1. The van der Waals surface area contributed by atoms with Crippen molar-refractivity contribution in [2.24, 2.45) is 5.73 Å². The summed E-state index contributed by atoms with van der Waals surface area (Å²) in [6.45, 7) is 7.12. The van der Waals surface area contributed by atoms with Gasteiger partial charge in [-0.1, -0.05) is 36.4 Å². The number of benzene rings is 2. The van der Waals surface area contributed by atoms with Crippen LogP contribution in [0.25, 0.3) is 21.6 Å². The minimum absolute atomic E-state index is 0.190. The maximum atomic E-state index is 13.2. The van der Waals surface area contributed by atoms with Crippen LogP contribution in [0.2, 0.25) is 0 Å². The van der Waals surface area contributed by atoms with Crippen LogP contribution in [0.5, 0.6) is 0 Å². The van der Waals surface area contributed by atoms with Crippen molar-refractivity contribution in [3.63, 3.8) is 0 Å². The molecule has 0 radical (unpaired) electrons. The molecular formula is C27H27NO4S. The summed E-state index contributed by atoms with van der Waals surface area (Å²) in [5, 5.41) is 1.80. The highest BCUT2D eigenvalue weighted by atomic mass is 32.1. The van der Waals surface area contributed by atoms with Gasteiger partial charge in [0.2, 0.25) is 5.91 Å². The fraction of sp³-hybridized carbons (Fsp3) is 0.296. The van der Waals surface area contributed by atoms with E-state index < -0.39 is 17.5 Å². The van der Waals surface area contributed by atoms with Gasteiger partial charge in [-0.25, -0.2) is 4.79 Å². The molecule has 1 amide bonds. The van der Waals surface area contributed by atoms with Crippen molar-refractivity contribution in [2.75, 3.05) is 0 Å². The molecular weight excluding hydrogens is 434 g/mol. The Hall–Kier alpha value is -3.25. The number of primary amides is 1. The van der Waals surface area contributed by atoms with Crippen LogP contribution in [0.4, 0.5) is 0 Å². The quantitative estimate of drug-likeness (QED) is 0.473. The molecule has 6 heteroatoms. The maximum Gasteiger partial charge on any atom is 0.339 e. The monoisotopic (exact) mass is 461 g/mol. The van der Waals surface area contributed by atoms with Crippen LogP contribution in [0, 0.1) is 0 Å². The summed E-state index contributed by atoms with van der Waals surface area (Å²) in [6, 6.07) is 15.0. The van der Waals surface area contributed by atoms with Gasteiger partial charge in [0.25, 0.3) is 0 Å². The van der Waals surface area contributed by atoms with Gasteiger partial charge in [-0.15, -0.1) is 11.3 Å². The van der Waals surface area contributed by atoms with Crippen LogP contribution in [0.15, 0.2) is 53.9 Å². The number of rotatable bonds is 6. The summed E-state index contributed by atoms with van der Waals surface area (Å²) in [7, 11) is 0. The molecule has 170 valence electrons. The van der Waals surface area contributed by atoms with E-state index in [1.54, 1.807) is 24.4 Å². The third kappa shape index (κ3) is 4.48. The molecule has 33 heavy (non-hydrogen) atoms. The highest BCUT2D eigenvalue weighted by Crippen LogP contribution is 2.49. The second-order valence-corrected chi connectivity index (χ2v) is 10.4. The Bertz CT molecular complexity index is 1240. The first kappa shape index (κ1) is 22.9.